The smallest absolute Gasteiger partial charge is 0.335 e. The summed E-state index contributed by atoms with van der Waals surface area (Å²) in [7, 11) is 3.41. The van der Waals surface area contributed by atoms with Crippen LogP contribution in [-0.2, 0) is 18.9 Å². The number of hydrogen-bond donors (Lipinski definition) is 1. The van der Waals surface area contributed by atoms with Gasteiger partial charge in [-0.05, 0) is 42.0 Å². The van der Waals surface area contributed by atoms with Crippen molar-refractivity contribution in [2.45, 2.75) is 0 Å². The Kier molecular flexibility index (Phi) is 4.64. The van der Waals surface area contributed by atoms with E-state index in [-0.39, 0.29) is 17.2 Å². The molecule has 1 aliphatic heterocycles. The maximum absolute atomic E-state index is 12.9. The summed E-state index contributed by atoms with van der Waals surface area (Å²) in [6.45, 7) is 0. The van der Waals surface area contributed by atoms with E-state index in [1.165, 1.54) is 17.0 Å². The predicted molar refractivity (Wildman–Crippen MR) is 117 cm³/mol. The van der Waals surface area contributed by atoms with Gasteiger partial charge in [0.2, 0.25) is 0 Å². The van der Waals surface area contributed by atoms with Crippen LogP contribution in [0, 0.1) is 0 Å². The Bertz CT molecular complexity index is 1300. The zero-order chi connectivity index (χ0) is 20.9. The van der Waals surface area contributed by atoms with Crippen LogP contribution in [0.15, 0.2) is 52.2 Å². The molecule has 2 aromatic carbocycles. The number of carbonyl (C=O) groups excluding carboxylic acids is 1. The summed E-state index contributed by atoms with van der Waals surface area (Å²) in [5.41, 5.74) is 2.69. The number of aromatic nitrogens is 2. The van der Waals surface area contributed by atoms with E-state index in [9.17, 15) is 19.5 Å². The van der Waals surface area contributed by atoms with Gasteiger partial charge in [-0.15, -0.1) is 0 Å². The minimum Gasteiger partial charge on any atom is -0.478 e. The van der Waals surface area contributed by atoms with Crippen molar-refractivity contribution in [3.8, 4) is 0 Å². The molecule has 0 aliphatic carbocycles. The second-order valence-corrected chi connectivity index (χ2v) is 8.20. The van der Waals surface area contributed by atoms with E-state index in [1.54, 1.807) is 41.4 Å². The highest BCUT2D eigenvalue weighted by Gasteiger charge is 2.33. The van der Waals surface area contributed by atoms with Crippen molar-refractivity contribution in [3.05, 3.63) is 69.0 Å². The number of aryl methyl sites for hydroxylation is 2. The number of carboxylic acid groups (broad SMARTS) is 1. The summed E-state index contributed by atoms with van der Waals surface area (Å²) < 4.78 is 3.44. The Hall–Kier alpha value is -3.17. The van der Waals surface area contributed by atoms with E-state index in [0.29, 0.717) is 14.9 Å². The van der Waals surface area contributed by atoms with Crippen molar-refractivity contribution < 1.29 is 14.7 Å². The molecule has 1 amide bonds. The first-order chi connectivity index (χ1) is 13.8. The molecule has 9 heteroatoms. The molecule has 7 nitrogen and oxygen atoms in total. The number of hydrogen-bond acceptors (Lipinski definition) is 5. The van der Waals surface area contributed by atoms with Crippen LogP contribution in [0.25, 0.3) is 17.1 Å². The van der Waals surface area contributed by atoms with Gasteiger partial charge in [0.15, 0.2) is 4.32 Å². The number of fused-ring (bicyclic) bond motifs is 1. The summed E-state index contributed by atoms with van der Waals surface area (Å²) >= 11 is 6.50. The van der Waals surface area contributed by atoms with Crippen LogP contribution in [0.2, 0.25) is 0 Å². The molecule has 0 atom stereocenters. The van der Waals surface area contributed by atoms with Gasteiger partial charge >= 0.3 is 11.7 Å². The Morgan fingerprint density at radius 3 is 2.52 bits per heavy atom. The van der Waals surface area contributed by atoms with E-state index < -0.39 is 5.97 Å². The van der Waals surface area contributed by atoms with E-state index in [2.05, 4.69) is 0 Å². The number of aromatic carboxylic acids is 1. The van der Waals surface area contributed by atoms with Crippen molar-refractivity contribution >= 4 is 63.0 Å². The first-order valence-electron chi connectivity index (χ1n) is 8.54. The molecule has 146 valence electrons. The minimum absolute atomic E-state index is 0.0796. The molecule has 1 N–H and O–H groups in total. The van der Waals surface area contributed by atoms with Gasteiger partial charge in [-0.3, -0.25) is 18.8 Å². The molecule has 0 radical (unpaired) electrons. The number of thiocarbonyl (C=S) groups is 1. The molecule has 1 saturated heterocycles. The van der Waals surface area contributed by atoms with Crippen LogP contribution in [0.4, 0.5) is 5.69 Å². The molecule has 4 rings (SSSR count). The summed E-state index contributed by atoms with van der Waals surface area (Å²) in [6.07, 6.45) is 1.72. The molecule has 1 aromatic heterocycles. The molecule has 29 heavy (non-hydrogen) atoms. The van der Waals surface area contributed by atoms with Crippen LogP contribution >= 0.6 is 24.0 Å². The third kappa shape index (κ3) is 3.18. The quantitative estimate of drug-likeness (QED) is 0.513. The zero-order valence-electron chi connectivity index (χ0n) is 15.4. The number of thioether (sulfide) groups is 1. The van der Waals surface area contributed by atoms with Gasteiger partial charge in [-0.2, -0.15) is 0 Å². The molecular formula is C20H15N3O4S2. The van der Waals surface area contributed by atoms with E-state index in [4.69, 9.17) is 12.2 Å². The van der Waals surface area contributed by atoms with Crippen molar-refractivity contribution in [2.24, 2.45) is 14.1 Å². The van der Waals surface area contributed by atoms with E-state index >= 15 is 0 Å². The molecule has 1 aliphatic rings. The average Bonchev–Trinajstić information content (AvgIpc) is 3.09. The van der Waals surface area contributed by atoms with Gasteiger partial charge in [-0.1, -0.05) is 36.1 Å². The number of rotatable bonds is 3. The van der Waals surface area contributed by atoms with Gasteiger partial charge in [-0.25, -0.2) is 9.59 Å². The fraction of sp³-hybridized carbons (Fsp3) is 0.100. The second kappa shape index (κ2) is 7.02. The lowest BCUT2D eigenvalue weighted by Gasteiger charge is -2.14. The van der Waals surface area contributed by atoms with Crippen molar-refractivity contribution in [1.82, 2.24) is 9.13 Å². The molecule has 2 heterocycles. The molecule has 0 spiro atoms. The van der Waals surface area contributed by atoms with Crippen LogP contribution in [0.5, 0.6) is 0 Å². The monoisotopic (exact) mass is 425 g/mol. The highest BCUT2D eigenvalue weighted by molar-refractivity contribution is 8.27. The summed E-state index contributed by atoms with van der Waals surface area (Å²) in [6, 6.07) is 11.6. The maximum atomic E-state index is 12.9. The van der Waals surface area contributed by atoms with Gasteiger partial charge in [0, 0.05) is 14.1 Å². The SMILES string of the molecule is Cn1c(=O)n(C)c2cc(/C=C3/SC(=S)N(c4cccc(C(=O)O)c4)C3=O)ccc21. The minimum atomic E-state index is -1.07. The van der Waals surface area contributed by atoms with Crippen LogP contribution in [0.1, 0.15) is 15.9 Å². The topological polar surface area (TPSA) is 84.5 Å². The predicted octanol–water partition coefficient (Wildman–Crippen LogP) is 2.98. The van der Waals surface area contributed by atoms with Crippen LogP contribution in [0.3, 0.4) is 0 Å². The van der Waals surface area contributed by atoms with Crippen molar-refractivity contribution in [2.75, 3.05) is 4.90 Å². The Morgan fingerprint density at radius 1 is 1.07 bits per heavy atom. The van der Waals surface area contributed by atoms with Crippen molar-refractivity contribution in [3.63, 3.8) is 0 Å². The van der Waals surface area contributed by atoms with Gasteiger partial charge < -0.3 is 5.11 Å². The molecule has 0 saturated carbocycles. The first-order valence-corrected chi connectivity index (χ1v) is 9.77. The standard InChI is InChI=1S/C20H15N3O4S2/c1-21-14-7-6-11(8-15(14)22(2)19(21)27)9-16-17(24)23(20(28)29-16)13-5-3-4-12(10-13)18(25)26/h3-10H,1-2H3,(H,25,26)/b16-9+. The lowest BCUT2D eigenvalue weighted by atomic mass is 10.1. The third-order valence-corrected chi connectivity index (χ3v) is 6.04. The second-order valence-electron chi connectivity index (χ2n) is 6.52. The summed E-state index contributed by atoms with van der Waals surface area (Å²) in [5.74, 6) is -1.39. The molecular weight excluding hydrogens is 410 g/mol. The number of anilines is 1. The molecule has 3 aromatic rings. The number of imidazole rings is 1. The Morgan fingerprint density at radius 2 is 1.79 bits per heavy atom. The Balaban J connectivity index is 1.72. The molecule has 0 unspecified atom stereocenters. The number of carbonyl (C=O) groups is 2. The van der Waals surface area contributed by atoms with Crippen LogP contribution in [-0.4, -0.2) is 30.4 Å². The lowest BCUT2D eigenvalue weighted by molar-refractivity contribution is -0.113. The number of nitrogens with zero attached hydrogens (tertiary/aromatic N) is 3. The van der Waals surface area contributed by atoms with E-state index in [0.717, 1.165) is 28.4 Å². The first kappa shape index (κ1) is 19.2. The zero-order valence-corrected chi connectivity index (χ0v) is 17.1. The number of benzene rings is 2. The van der Waals surface area contributed by atoms with Gasteiger partial charge in [0.25, 0.3) is 5.91 Å². The van der Waals surface area contributed by atoms with Gasteiger partial charge in [0.05, 0.1) is 27.2 Å². The van der Waals surface area contributed by atoms with E-state index in [1.807, 2.05) is 18.2 Å². The highest BCUT2D eigenvalue weighted by atomic mass is 32.2. The largest absolute Gasteiger partial charge is 0.478 e. The summed E-state index contributed by atoms with van der Waals surface area (Å²) in [5, 5.41) is 9.18. The average molecular weight is 425 g/mol. The lowest BCUT2D eigenvalue weighted by Crippen LogP contribution is -2.27. The van der Waals surface area contributed by atoms with Gasteiger partial charge in [0.1, 0.15) is 0 Å². The fourth-order valence-corrected chi connectivity index (χ4v) is 4.53. The normalized spacial score (nSPS) is 15.7. The van der Waals surface area contributed by atoms with Crippen molar-refractivity contribution in [1.29, 1.82) is 0 Å². The third-order valence-electron chi connectivity index (χ3n) is 4.74. The highest BCUT2D eigenvalue weighted by Crippen LogP contribution is 2.36. The summed E-state index contributed by atoms with van der Waals surface area (Å²) in [4.78, 5) is 38.0. The molecule has 0 bridgehead atoms. The molecule has 1 fully saturated rings. The fourth-order valence-electron chi connectivity index (χ4n) is 3.23. The number of amides is 1. The maximum Gasteiger partial charge on any atom is 0.335 e. The number of carboxylic acids is 1. The Labute approximate surface area is 174 Å². The van der Waals surface area contributed by atoms with Crippen LogP contribution < -0.4 is 10.6 Å².